The van der Waals surface area contributed by atoms with Crippen molar-refractivity contribution in [1.82, 2.24) is 4.98 Å². The van der Waals surface area contributed by atoms with Crippen LogP contribution < -0.4 is 11.1 Å². The average Bonchev–Trinajstić information content (AvgIpc) is 2.34. The van der Waals surface area contributed by atoms with Gasteiger partial charge >= 0.3 is 5.97 Å². The van der Waals surface area contributed by atoms with E-state index in [4.69, 9.17) is 10.8 Å². The number of nitrogens with zero attached hydrogens (tertiary/aromatic N) is 1. The molecule has 0 fully saturated rings. The van der Waals surface area contributed by atoms with E-state index >= 15 is 0 Å². The van der Waals surface area contributed by atoms with Crippen LogP contribution in [0.4, 0.5) is 17.2 Å². The third kappa shape index (κ3) is 2.70. The number of aromatic nitrogens is 1. The minimum atomic E-state index is -1.04. The summed E-state index contributed by atoms with van der Waals surface area (Å²) in [5.41, 5.74) is 6.83. The zero-order valence-electron chi connectivity index (χ0n) is 9.22. The maximum atomic E-state index is 11.1. The SMILES string of the molecule is Nc1cc(C(=O)O)c(Nc2ccccc2I)cn1. The van der Waals surface area contributed by atoms with Crippen molar-refractivity contribution in [3.63, 3.8) is 0 Å². The van der Waals surface area contributed by atoms with Gasteiger partial charge < -0.3 is 16.2 Å². The first-order chi connectivity index (χ1) is 8.58. The first-order valence-corrected chi connectivity index (χ1v) is 6.16. The van der Waals surface area contributed by atoms with Gasteiger partial charge in [-0.05, 0) is 40.8 Å². The first kappa shape index (κ1) is 12.6. The number of benzene rings is 1. The Morgan fingerprint density at radius 3 is 2.72 bits per heavy atom. The molecule has 0 radical (unpaired) electrons. The minimum Gasteiger partial charge on any atom is -0.478 e. The van der Waals surface area contributed by atoms with Crippen LogP contribution in [-0.4, -0.2) is 16.1 Å². The summed E-state index contributed by atoms with van der Waals surface area (Å²) >= 11 is 2.17. The van der Waals surface area contributed by atoms with Crippen molar-refractivity contribution in [2.24, 2.45) is 0 Å². The van der Waals surface area contributed by atoms with Gasteiger partial charge in [-0.3, -0.25) is 0 Å². The lowest BCUT2D eigenvalue weighted by molar-refractivity contribution is 0.0698. The van der Waals surface area contributed by atoms with E-state index in [-0.39, 0.29) is 11.4 Å². The molecule has 0 unspecified atom stereocenters. The van der Waals surface area contributed by atoms with Crippen molar-refractivity contribution in [1.29, 1.82) is 0 Å². The van der Waals surface area contributed by atoms with Gasteiger partial charge in [-0.1, -0.05) is 12.1 Å². The third-order valence-corrected chi connectivity index (χ3v) is 3.24. The molecule has 4 N–H and O–H groups in total. The van der Waals surface area contributed by atoms with Crippen LogP contribution in [0, 0.1) is 3.57 Å². The molecule has 1 heterocycles. The molecule has 18 heavy (non-hydrogen) atoms. The Morgan fingerprint density at radius 2 is 2.06 bits per heavy atom. The van der Waals surface area contributed by atoms with E-state index < -0.39 is 5.97 Å². The molecule has 0 saturated carbocycles. The summed E-state index contributed by atoms with van der Waals surface area (Å²) in [4.78, 5) is 15.0. The van der Waals surface area contributed by atoms with Gasteiger partial charge in [0.15, 0.2) is 0 Å². The van der Waals surface area contributed by atoms with Crippen LogP contribution in [0.5, 0.6) is 0 Å². The van der Waals surface area contributed by atoms with Crippen LogP contribution in [0.3, 0.4) is 0 Å². The quantitative estimate of drug-likeness (QED) is 0.737. The highest BCUT2D eigenvalue weighted by molar-refractivity contribution is 14.1. The van der Waals surface area contributed by atoms with Crippen molar-refractivity contribution < 1.29 is 9.90 Å². The molecular weight excluding hydrogens is 345 g/mol. The van der Waals surface area contributed by atoms with Crippen LogP contribution in [-0.2, 0) is 0 Å². The predicted octanol–water partition coefficient (Wildman–Crippen LogP) is 2.71. The van der Waals surface area contributed by atoms with Gasteiger partial charge in [-0.2, -0.15) is 0 Å². The number of halogens is 1. The van der Waals surface area contributed by atoms with E-state index in [2.05, 4.69) is 32.9 Å². The number of anilines is 3. The number of hydrogen-bond donors (Lipinski definition) is 3. The summed E-state index contributed by atoms with van der Waals surface area (Å²) < 4.78 is 0.989. The fraction of sp³-hybridized carbons (Fsp3) is 0. The minimum absolute atomic E-state index is 0.0992. The molecule has 6 heteroatoms. The summed E-state index contributed by atoms with van der Waals surface area (Å²) in [7, 11) is 0. The first-order valence-electron chi connectivity index (χ1n) is 5.08. The van der Waals surface area contributed by atoms with Gasteiger partial charge in [-0.15, -0.1) is 0 Å². The molecule has 2 rings (SSSR count). The predicted molar refractivity (Wildman–Crippen MR) is 78.1 cm³/mol. The molecule has 0 aliphatic carbocycles. The van der Waals surface area contributed by atoms with Crippen molar-refractivity contribution >= 4 is 45.8 Å². The molecule has 0 atom stereocenters. The summed E-state index contributed by atoms with van der Waals surface area (Å²) in [5, 5.41) is 12.2. The molecule has 0 spiro atoms. The van der Waals surface area contributed by atoms with E-state index in [9.17, 15) is 4.79 Å². The number of nitrogen functional groups attached to an aromatic ring is 1. The second kappa shape index (κ2) is 5.21. The lowest BCUT2D eigenvalue weighted by atomic mass is 10.2. The number of para-hydroxylation sites is 1. The average molecular weight is 355 g/mol. The van der Waals surface area contributed by atoms with Gasteiger partial charge in [0.2, 0.25) is 0 Å². The smallest absolute Gasteiger partial charge is 0.338 e. The van der Waals surface area contributed by atoms with E-state index in [1.54, 1.807) is 0 Å². The van der Waals surface area contributed by atoms with Crippen LogP contribution in [0.15, 0.2) is 36.5 Å². The van der Waals surface area contributed by atoms with Gasteiger partial charge in [0.1, 0.15) is 5.82 Å². The number of nitrogens with one attached hydrogen (secondary N) is 1. The zero-order chi connectivity index (χ0) is 13.1. The number of carboxylic acids is 1. The van der Waals surface area contributed by atoms with E-state index in [0.29, 0.717) is 5.69 Å². The molecule has 5 nitrogen and oxygen atoms in total. The number of hydrogen-bond acceptors (Lipinski definition) is 4. The second-order valence-corrected chi connectivity index (χ2v) is 4.73. The Balaban J connectivity index is 2.41. The van der Waals surface area contributed by atoms with E-state index in [0.717, 1.165) is 9.26 Å². The largest absolute Gasteiger partial charge is 0.478 e. The molecule has 0 aliphatic heterocycles. The maximum absolute atomic E-state index is 11.1. The number of pyridine rings is 1. The lowest BCUT2D eigenvalue weighted by Crippen LogP contribution is -2.05. The Kier molecular flexibility index (Phi) is 3.66. The Bertz CT molecular complexity index is 602. The molecule has 92 valence electrons. The summed E-state index contributed by atoms with van der Waals surface area (Å²) in [6.07, 6.45) is 1.42. The van der Waals surface area contributed by atoms with Crippen molar-refractivity contribution in [2.45, 2.75) is 0 Å². The highest BCUT2D eigenvalue weighted by Gasteiger charge is 2.12. The molecule has 2 aromatic rings. The molecule has 0 amide bonds. The Labute approximate surface area is 117 Å². The molecule has 0 saturated heterocycles. The lowest BCUT2D eigenvalue weighted by Gasteiger charge is -2.11. The van der Waals surface area contributed by atoms with E-state index in [1.165, 1.54) is 12.3 Å². The van der Waals surface area contributed by atoms with Crippen LogP contribution in [0.2, 0.25) is 0 Å². The van der Waals surface area contributed by atoms with Crippen LogP contribution >= 0.6 is 22.6 Å². The standard InChI is InChI=1S/C12H10IN3O2/c13-8-3-1-2-4-9(8)16-10-6-15-11(14)5-7(10)12(17)18/h1-6,16H,(H2,14,15)(H,17,18). The van der Waals surface area contributed by atoms with E-state index in [1.807, 2.05) is 24.3 Å². The second-order valence-electron chi connectivity index (χ2n) is 3.56. The number of carboxylic acid groups (broad SMARTS) is 1. The fourth-order valence-corrected chi connectivity index (χ4v) is 1.98. The van der Waals surface area contributed by atoms with Crippen molar-refractivity contribution in [3.8, 4) is 0 Å². The van der Waals surface area contributed by atoms with Gasteiger partial charge in [-0.25, -0.2) is 9.78 Å². The Hall–Kier alpha value is -1.83. The van der Waals surface area contributed by atoms with Gasteiger partial charge in [0, 0.05) is 3.57 Å². The molecule has 1 aromatic carbocycles. The number of nitrogens with two attached hydrogens (primary N) is 1. The highest BCUT2D eigenvalue weighted by Crippen LogP contribution is 2.25. The number of carbonyl (C=O) groups is 1. The van der Waals surface area contributed by atoms with Crippen LogP contribution in [0.1, 0.15) is 10.4 Å². The molecule has 0 aliphatic rings. The third-order valence-electron chi connectivity index (χ3n) is 2.30. The zero-order valence-corrected chi connectivity index (χ0v) is 11.4. The summed E-state index contributed by atoms with van der Waals surface area (Å²) in [6.45, 7) is 0. The number of aromatic carboxylic acids is 1. The molecular formula is C12H10IN3O2. The van der Waals surface area contributed by atoms with Crippen molar-refractivity contribution in [3.05, 3.63) is 45.7 Å². The maximum Gasteiger partial charge on any atom is 0.338 e. The normalized spacial score (nSPS) is 10.1. The molecule has 0 bridgehead atoms. The topological polar surface area (TPSA) is 88.2 Å². The number of rotatable bonds is 3. The Morgan fingerprint density at radius 1 is 1.33 bits per heavy atom. The summed E-state index contributed by atoms with van der Waals surface area (Å²) in [6, 6.07) is 8.90. The van der Waals surface area contributed by atoms with Gasteiger partial charge in [0.25, 0.3) is 0 Å². The summed E-state index contributed by atoms with van der Waals surface area (Å²) in [5.74, 6) is -0.863. The molecule has 1 aromatic heterocycles. The van der Waals surface area contributed by atoms with Crippen molar-refractivity contribution in [2.75, 3.05) is 11.1 Å². The van der Waals surface area contributed by atoms with Gasteiger partial charge in [0.05, 0.1) is 23.1 Å². The van der Waals surface area contributed by atoms with Crippen LogP contribution in [0.25, 0.3) is 0 Å². The monoisotopic (exact) mass is 355 g/mol. The highest BCUT2D eigenvalue weighted by atomic mass is 127. The fourth-order valence-electron chi connectivity index (χ4n) is 1.46.